The summed E-state index contributed by atoms with van der Waals surface area (Å²) in [7, 11) is 0. The van der Waals surface area contributed by atoms with Crippen LogP contribution in [0.4, 0.5) is 0 Å². The molecule has 0 amide bonds. The fraction of sp³-hybridized carbons (Fsp3) is 1.00. The van der Waals surface area contributed by atoms with Gasteiger partial charge in [0.05, 0.1) is 6.10 Å². The van der Waals surface area contributed by atoms with Crippen molar-refractivity contribution < 1.29 is 5.11 Å². The van der Waals surface area contributed by atoms with Crippen LogP contribution in [0.5, 0.6) is 0 Å². The average Bonchev–Trinajstić information content (AvgIpc) is 2.31. The molecule has 0 spiro atoms. The van der Waals surface area contributed by atoms with Crippen LogP contribution in [0.2, 0.25) is 0 Å². The molecule has 0 aliphatic rings. The molecule has 0 saturated heterocycles. The third-order valence-electron chi connectivity index (χ3n) is 3.36. The van der Waals surface area contributed by atoms with Crippen LogP contribution in [-0.4, -0.2) is 40.8 Å². The van der Waals surface area contributed by atoms with Crippen molar-refractivity contribution in [2.45, 2.75) is 97.0 Å². The molecular formula is C15H33NaO. The maximum atomic E-state index is 9.38. The molecule has 0 heterocycles. The van der Waals surface area contributed by atoms with Gasteiger partial charge in [-0.3, -0.25) is 0 Å². The van der Waals surface area contributed by atoms with E-state index in [-0.39, 0.29) is 35.7 Å². The number of unbranched alkanes of at least 4 members (excludes halogenated alkanes) is 9. The molecule has 1 nitrogen and oxygen atoms in total. The van der Waals surface area contributed by atoms with Crippen LogP contribution in [-0.2, 0) is 0 Å². The molecule has 0 aromatic rings. The second-order valence-electron chi connectivity index (χ2n) is 5.03. The third kappa shape index (κ3) is 17.0. The molecule has 100 valence electrons. The van der Waals surface area contributed by atoms with Crippen LogP contribution in [0.1, 0.15) is 90.9 Å². The summed E-state index contributed by atoms with van der Waals surface area (Å²) in [5, 5.41) is 9.38. The van der Waals surface area contributed by atoms with Gasteiger partial charge in [0.1, 0.15) is 0 Å². The minimum absolute atomic E-state index is 0. The molecule has 1 atom stereocenters. The van der Waals surface area contributed by atoms with Gasteiger partial charge >= 0.3 is 29.6 Å². The van der Waals surface area contributed by atoms with Crippen molar-refractivity contribution in [3.8, 4) is 0 Å². The SMILES string of the molecule is CCCCCCCCCCCCC(O)CC.[NaH]. The maximum absolute atomic E-state index is 9.38. The minimum atomic E-state index is -0.0472. The number of hydrogen-bond acceptors (Lipinski definition) is 1. The second kappa shape index (κ2) is 17.0. The normalized spacial score (nSPS) is 12.2. The van der Waals surface area contributed by atoms with Crippen LogP contribution in [0, 0.1) is 0 Å². The van der Waals surface area contributed by atoms with Crippen molar-refractivity contribution in [3.63, 3.8) is 0 Å². The molecule has 0 aromatic heterocycles. The van der Waals surface area contributed by atoms with Crippen molar-refractivity contribution in [1.82, 2.24) is 0 Å². The molecule has 1 N–H and O–H groups in total. The molecule has 1 unspecified atom stereocenters. The average molecular weight is 252 g/mol. The van der Waals surface area contributed by atoms with Gasteiger partial charge in [-0.1, -0.05) is 78.1 Å². The van der Waals surface area contributed by atoms with Crippen molar-refractivity contribution in [3.05, 3.63) is 0 Å². The quantitative estimate of drug-likeness (QED) is 0.403. The zero-order valence-electron chi connectivity index (χ0n) is 11.5. The van der Waals surface area contributed by atoms with Gasteiger partial charge < -0.3 is 5.11 Å². The Morgan fingerprint density at radius 2 is 1.12 bits per heavy atom. The first-order valence-corrected chi connectivity index (χ1v) is 7.49. The molecule has 2 heteroatoms. The molecule has 0 aromatic carbocycles. The molecule has 0 fully saturated rings. The number of aliphatic hydroxyl groups is 1. The summed E-state index contributed by atoms with van der Waals surface area (Å²) >= 11 is 0. The Morgan fingerprint density at radius 1 is 0.706 bits per heavy atom. The van der Waals surface area contributed by atoms with E-state index >= 15 is 0 Å². The van der Waals surface area contributed by atoms with Crippen LogP contribution < -0.4 is 0 Å². The summed E-state index contributed by atoms with van der Waals surface area (Å²) in [6.45, 7) is 4.33. The van der Waals surface area contributed by atoms with Gasteiger partial charge in [0.2, 0.25) is 0 Å². The van der Waals surface area contributed by atoms with Gasteiger partial charge in [-0.05, 0) is 12.8 Å². The predicted octanol–water partition coefficient (Wildman–Crippen LogP) is 4.42. The monoisotopic (exact) mass is 252 g/mol. The Kier molecular flexibility index (Phi) is 20.2. The van der Waals surface area contributed by atoms with Gasteiger partial charge in [0.25, 0.3) is 0 Å². The van der Waals surface area contributed by atoms with Crippen LogP contribution in [0.25, 0.3) is 0 Å². The number of rotatable bonds is 12. The van der Waals surface area contributed by atoms with E-state index in [2.05, 4.69) is 13.8 Å². The summed E-state index contributed by atoms with van der Waals surface area (Å²) in [4.78, 5) is 0. The second-order valence-corrected chi connectivity index (χ2v) is 5.03. The van der Waals surface area contributed by atoms with Crippen LogP contribution >= 0.6 is 0 Å². The van der Waals surface area contributed by atoms with E-state index in [4.69, 9.17) is 0 Å². The molecule has 0 bridgehead atoms. The van der Waals surface area contributed by atoms with E-state index in [1.807, 2.05) is 0 Å². The van der Waals surface area contributed by atoms with E-state index in [0.717, 1.165) is 12.8 Å². The van der Waals surface area contributed by atoms with Crippen molar-refractivity contribution in [2.75, 3.05) is 0 Å². The molecule has 0 saturated carbocycles. The molecule has 0 rings (SSSR count). The van der Waals surface area contributed by atoms with E-state index in [9.17, 15) is 5.11 Å². The van der Waals surface area contributed by atoms with Crippen LogP contribution in [0.15, 0.2) is 0 Å². The molecular weight excluding hydrogens is 219 g/mol. The van der Waals surface area contributed by atoms with Gasteiger partial charge in [-0.2, -0.15) is 0 Å². The van der Waals surface area contributed by atoms with Crippen LogP contribution in [0.3, 0.4) is 0 Å². The summed E-state index contributed by atoms with van der Waals surface area (Å²) in [5.41, 5.74) is 0. The molecule has 17 heavy (non-hydrogen) atoms. The topological polar surface area (TPSA) is 20.2 Å². The van der Waals surface area contributed by atoms with Crippen molar-refractivity contribution >= 4 is 29.6 Å². The van der Waals surface area contributed by atoms with Gasteiger partial charge in [-0.25, -0.2) is 0 Å². The first kappa shape index (κ1) is 20.3. The Bertz CT molecular complexity index is 128. The molecule has 0 aliphatic heterocycles. The number of aliphatic hydroxyl groups excluding tert-OH is 1. The number of hydrogen-bond donors (Lipinski definition) is 1. The molecule has 0 radical (unpaired) electrons. The van der Waals surface area contributed by atoms with Gasteiger partial charge in [-0.15, -0.1) is 0 Å². The Labute approximate surface area is 131 Å². The van der Waals surface area contributed by atoms with E-state index < -0.39 is 0 Å². The Morgan fingerprint density at radius 3 is 1.53 bits per heavy atom. The Balaban J connectivity index is 0. The fourth-order valence-electron chi connectivity index (χ4n) is 2.07. The summed E-state index contributed by atoms with van der Waals surface area (Å²) in [5.74, 6) is 0. The van der Waals surface area contributed by atoms with Gasteiger partial charge in [0, 0.05) is 0 Å². The zero-order valence-corrected chi connectivity index (χ0v) is 11.5. The predicted molar refractivity (Wildman–Crippen MR) is 79.9 cm³/mol. The summed E-state index contributed by atoms with van der Waals surface area (Å²) in [6, 6.07) is 0. The van der Waals surface area contributed by atoms with E-state index in [0.29, 0.717) is 0 Å². The Hall–Kier alpha value is 0.960. The summed E-state index contributed by atoms with van der Waals surface area (Å²) < 4.78 is 0. The molecule has 0 aliphatic carbocycles. The van der Waals surface area contributed by atoms with Crippen molar-refractivity contribution in [2.24, 2.45) is 0 Å². The first-order chi connectivity index (χ1) is 7.81. The summed E-state index contributed by atoms with van der Waals surface area (Å²) in [6.07, 6.45) is 15.6. The third-order valence-corrected chi connectivity index (χ3v) is 3.36. The fourth-order valence-corrected chi connectivity index (χ4v) is 2.07. The standard InChI is InChI=1S/C15H32O.Na.H/c1-3-5-6-7-8-9-10-11-12-13-14-15(16)4-2;;/h15-16H,3-14H2,1-2H3;;. The van der Waals surface area contributed by atoms with E-state index in [1.165, 1.54) is 64.2 Å². The first-order valence-electron chi connectivity index (χ1n) is 7.49. The van der Waals surface area contributed by atoms with Gasteiger partial charge in [0.15, 0.2) is 0 Å². The zero-order chi connectivity index (χ0) is 12.1. The van der Waals surface area contributed by atoms with E-state index in [1.54, 1.807) is 0 Å². The van der Waals surface area contributed by atoms with Crippen molar-refractivity contribution in [1.29, 1.82) is 0 Å².